The highest BCUT2D eigenvalue weighted by Crippen LogP contribution is 2.25. The first-order valence-electron chi connectivity index (χ1n) is 6.63. The van der Waals surface area contributed by atoms with Crippen LogP contribution in [-0.2, 0) is 9.53 Å². The van der Waals surface area contributed by atoms with Gasteiger partial charge in [0.05, 0.1) is 18.7 Å². The lowest BCUT2D eigenvalue weighted by atomic mass is 10.2. The highest BCUT2D eigenvalue weighted by atomic mass is 32.1. The third-order valence-corrected chi connectivity index (χ3v) is 3.49. The van der Waals surface area contributed by atoms with Crippen molar-refractivity contribution in [3.8, 4) is 11.3 Å². The first-order valence-corrected chi connectivity index (χ1v) is 7.51. The summed E-state index contributed by atoms with van der Waals surface area (Å²) >= 11 is 1.14. The van der Waals surface area contributed by atoms with Crippen molar-refractivity contribution in [2.75, 3.05) is 18.5 Å². The van der Waals surface area contributed by atoms with Crippen LogP contribution in [0.15, 0.2) is 17.6 Å². The molecule has 0 atom stereocenters. The first kappa shape index (κ1) is 17.9. The Labute approximate surface area is 138 Å². The number of hydrogen-bond donors (Lipinski definition) is 3. The molecule has 2 aromatic heterocycles. The Morgan fingerprint density at radius 1 is 1.42 bits per heavy atom. The molecule has 4 N–H and O–H groups in total. The fraction of sp³-hybridized carbons (Fsp3) is 0.308. The fourth-order valence-corrected chi connectivity index (χ4v) is 2.42. The van der Waals surface area contributed by atoms with Crippen LogP contribution in [0.2, 0.25) is 0 Å². The van der Waals surface area contributed by atoms with Crippen LogP contribution >= 0.6 is 11.3 Å². The van der Waals surface area contributed by atoms with Crippen molar-refractivity contribution in [3.05, 3.63) is 23.3 Å². The van der Waals surface area contributed by atoms with E-state index in [0.29, 0.717) is 11.3 Å². The van der Waals surface area contributed by atoms with Crippen molar-refractivity contribution in [2.24, 2.45) is 5.73 Å². The van der Waals surface area contributed by atoms with Crippen LogP contribution in [0, 0.1) is 0 Å². The maximum absolute atomic E-state index is 11.9. The molecule has 0 spiro atoms. The second-order valence-corrected chi connectivity index (χ2v) is 5.53. The van der Waals surface area contributed by atoms with Gasteiger partial charge in [0.25, 0.3) is 5.91 Å². The average Bonchev–Trinajstić information content (AvgIpc) is 3.11. The van der Waals surface area contributed by atoms with Crippen molar-refractivity contribution < 1.29 is 27.5 Å². The molecule has 2 heterocycles. The molecule has 2 rings (SSSR count). The SMILES string of the molecule is NC(=O)c1cc(-c2csc(NC(=O)CCOCC(F)(F)F)n2)c[nH]1. The van der Waals surface area contributed by atoms with E-state index in [9.17, 15) is 22.8 Å². The summed E-state index contributed by atoms with van der Waals surface area (Å²) in [5.74, 6) is -1.12. The predicted octanol–water partition coefficient (Wildman–Crippen LogP) is 2.14. The molecule has 0 unspecified atom stereocenters. The Hall–Kier alpha value is -2.40. The molecule has 0 saturated carbocycles. The lowest BCUT2D eigenvalue weighted by Gasteiger charge is -2.07. The number of anilines is 1. The van der Waals surface area contributed by atoms with Gasteiger partial charge in [0.1, 0.15) is 12.3 Å². The number of carbonyl (C=O) groups excluding carboxylic acids is 2. The highest BCUT2D eigenvalue weighted by Gasteiger charge is 2.27. The van der Waals surface area contributed by atoms with Gasteiger partial charge in [-0.3, -0.25) is 9.59 Å². The molecular weight excluding hydrogens is 349 g/mol. The van der Waals surface area contributed by atoms with Crippen molar-refractivity contribution >= 4 is 28.3 Å². The van der Waals surface area contributed by atoms with Crippen molar-refractivity contribution in [1.29, 1.82) is 0 Å². The quantitative estimate of drug-likeness (QED) is 0.656. The Morgan fingerprint density at radius 3 is 2.79 bits per heavy atom. The van der Waals surface area contributed by atoms with E-state index in [1.807, 2.05) is 0 Å². The van der Waals surface area contributed by atoms with Gasteiger partial charge in [0, 0.05) is 17.1 Å². The van der Waals surface area contributed by atoms with Crippen LogP contribution in [0.25, 0.3) is 11.3 Å². The minimum Gasteiger partial charge on any atom is -0.372 e. The Kier molecular flexibility index (Phi) is 5.57. The highest BCUT2D eigenvalue weighted by molar-refractivity contribution is 7.14. The van der Waals surface area contributed by atoms with Crippen LogP contribution in [-0.4, -0.2) is 41.2 Å². The summed E-state index contributed by atoms with van der Waals surface area (Å²) < 4.78 is 40.0. The fourth-order valence-electron chi connectivity index (χ4n) is 1.68. The summed E-state index contributed by atoms with van der Waals surface area (Å²) in [7, 11) is 0. The van der Waals surface area contributed by atoms with Crippen LogP contribution in [0.4, 0.5) is 18.3 Å². The van der Waals surface area contributed by atoms with E-state index in [2.05, 4.69) is 20.0 Å². The third-order valence-electron chi connectivity index (χ3n) is 2.73. The molecule has 11 heteroatoms. The average molecular weight is 362 g/mol. The summed E-state index contributed by atoms with van der Waals surface area (Å²) in [4.78, 5) is 29.5. The number of carbonyl (C=O) groups is 2. The molecule has 2 aromatic rings. The molecule has 7 nitrogen and oxygen atoms in total. The van der Waals surface area contributed by atoms with Gasteiger partial charge >= 0.3 is 6.18 Å². The van der Waals surface area contributed by atoms with Crippen molar-refractivity contribution in [3.63, 3.8) is 0 Å². The molecule has 0 aliphatic heterocycles. The van der Waals surface area contributed by atoms with E-state index in [-0.39, 0.29) is 23.9 Å². The number of hydrogen-bond acceptors (Lipinski definition) is 5. The number of thiazole rings is 1. The van der Waals surface area contributed by atoms with Crippen LogP contribution in [0.3, 0.4) is 0 Å². The van der Waals surface area contributed by atoms with Gasteiger partial charge in [-0.05, 0) is 6.07 Å². The van der Waals surface area contributed by atoms with Crippen LogP contribution in [0.1, 0.15) is 16.9 Å². The standard InChI is InChI=1S/C13H13F3N4O3S/c14-13(15,16)6-23-2-1-10(21)20-12-19-9(5-24-12)7-3-8(11(17)22)18-4-7/h3-5,18H,1-2,6H2,(H2,17,22)(H,19,20,21). The van der Waals surface area contributed by atoms with E-state index >= 15 is 0 Å². The summed E-state index contributed by atoms with van der Waals surface area (Å²) in [5.41, 5.74) is 6.50. The number of alkyl halides is 3. The van der Waals surface area contributed by atoms with Crippen molar-refractivity contribution in [2.45, 2.75) is 12.6 Å². The summed E-state index contributed by atoms with van der Waals surface area (Å²) in [6.45, 7) is -1.74. The predicted molar refractivity (Wildman–Crippen MR) is 80.5 cm³/mol. The van der Waals surface area contributed by atoms with Gasteiger partial charge in [0.2, 0.25) is 5.91 Å². The van der Waals surface area contributed by atoms with Gasteiger partial charge in [-0.1, -0.05) is 0 Å². The number of nitrogens with two attached hydrogens (primary N) is 1. The maximum atomic E-state index is 11.9. The zero-order valence-corrected chi connectivity index (χ0v) is 13.0. The van der Waals surface area contributed by atoms with Gasteiger partial charge in [-0.2, -0.15) is 13.2 Å². The lowest BCUT2D eigenvalue weighted by Crippen LogP contribution is -2.20. The van der Waals surface area contributed by atoms with E-state index < -0.39 is 24.6 Å². The number of nitrogens with zero attached hydrogens (tertiary/aromatic N) is 1. The monoisotopic (exact) mass is 362 g/mol. The maximum Gasteiger partial charge on any atom is 0.411 e. The van der Waals surface area contributed by atoms with Gasteiger partial charge < -0.3 is 20.8 Å². The minimum atomic E-state index is -4.42. The van der Waals surface area contributed by atoms with Crippen LogP contribution in [0.5, 0.6) is 0 Å². The molecule has 0 aliphatic rings. The molecule has 2 amide bonds. The number of nitrogens with one attached hydrogen (secondary N) is 2. The number of amides is 2. The second kappa shape index (κ2) is 7.45. The molecule has 0 aliphatic carbocycles. The number of halogens is 3. The Balaban J connectivity index is 1.84. The van der Waals surface area contributed by atoms with Gasteiger partial charge in [-0.25, -0.2) is 4.98 Å². The summed E-state index contributed by atoms with van der Waals surface area (Å²) in [6.07, 6.45) is -3.09. The normalized spacial score (nSPS) is 11.5. The molecule has 0 saturated heterocycles. The summed E-state index contributed by atoms with van der Waals surface area (Å²) in [6, 6.07) is 1.52. The van der Waals surface area contributed by atoms with Gasteiger partial charge in [-0.15, -0.1) is 11.3 Å². The zero-order valence-electron chi connectivity index (χ0n) is 12.1. The van der Waals surface area contributed by atoms with Crippen molar-refractivity contribution in [1.82, 2.24) is 9.97 Å². The third kappa shape index (κ3) is 5.35. The van der Waals surface area contributed by atoms with E-state index in [1.54, 1.807) is 11.6 Å². The molecule has 130 valence electrons. The number of ether oxygens (including phenoxy) is 1. The molecule has 0 fully saturated rings. The number of H-pyrrole nitrogens is 1. The topological polar surface area (TPSA) is 110 Å². The molecule has 24 heavy (non-hydrogen) atoms. The lowest BCUT2D eigenvalue weighted by molar-refractivity contribution is -0.174. The largest absolute Gasteiger partial charge is 0.411 e. The smallest absolute Gasteiger partial charge is 0.372 e. The second-order valence-electron chi connectivity index (χ2n) is 4.67. The molecule has 0 radical (unpaired) electrons. The number of rotatable bonds is 7. The molecule has 0 aromatic carbocycles. The number of aromatic amines is 1. The number of primary amides is 1. The number of aromatic nitrogens is 2. The van der Waals surface area contributed by atoms with E-state index in [4.69, 9.17) is 5.73 Å². The molecular formula is C13H13F3N4O3S. The van der Waals surface area contributed by atoms with Gasteiger partial charge in [0.15, 0.2) is 5.13 Å². The minimum absolute atomic E-state index is 0.221. The zero-order chi connectivity index (χ0) is 17.7. The van der Waals surface area contributed by atoms with Crippen LogP contribution < -0.4 is 11.1 Å². The molecule has 0 bridgehead atoms. The Morgan fingerprint density at radius 2 is 2.17 bits per heavy atom. The van der Waals surface area contributed by atoms with E-state index in [0.717, 1.165) is 11.3 Å². The van der Waals surface area contributed by atoms with E-state index in [1.165, 1.54) is 6.07 Å². The summed E-state index contributed by atoms with van der Waals surface area (Å²) in [5, 5.41) is 4.41. The first-order chi connectivity index (χ1) is 11.2. The Bertz CT molecular complexity index is 726.